The predicted octanol–water partition coefficient (Wildman–Crippen LogP) is 2.84. The van der Waals surface area contributed by atoms with Gasteiger partial charge in [-0.05, 0) is 31.0 Å². The summed E-state index contributed by atoms with van der Waals surface area (Å²) in [6, 6.07) is 3.52. The van der Waals surface area contributed by atoms with Gasteiger partial charge in [-0.2, -0.15) is 8.78 Å². The van der Waals surface area contributed by atoms with Crippen LogP contribution in [0.2, 0.25) is 5.02 Å². The molecule has 1 saturated carbocycles. The summed E-state index contributed by atoms with van der Waals surface area (Å²) < 4.78 is 28.4. The number of alkyl halides is 2. The summed E-state index contributed by atoms with van der Waals surface area (Å²) in [5.41, 5.74) is 0.164. The number of carbonyl (C=O) groups is 1. The van der Waals surface area contributed by atoms with E-state index >= 15 is 0 Å². The first-order valence-electron chi connectivity index (χ1n) is 6.34. The molecule has 0 aliphatic heterocycles. The Morgan fingerprint density at radius 2 is 2.19 bits per heavy atom. The number of urea groups is 1. The van der Waals surface area contributed by atoms with Crippen molar-refractivity contribution in [1.29, 1.82) is 0 Å². The largest absolute Gasteiger partial charge is 0.433 e. The van der Waals surface area contributed by atoms with Crippen LogP contribution in [0.1, 0.15) is 12.8 Å². The maximum atomic E-state index is 12.1. The number of aliphatic hydroxyl groups is 1. The Balaban J connectivity index is 1.87. The van der Waals surface area contributed by atoms with E-state index in [1.54, 1.807) is 0 Å². The summed E-state index contributed by atoms with van der Waals surface area (Å²) in [6.45, 7) is -2.54. The van der Waals surface area contributed by atoms with Crippen molar-refractivity contribution in [2.45, 2.75) is 19.5 Å². The average Bonchev–Trinajstić information content (AvgIpc) is 3.20. The molecule has 21 heavy (non-hydrogen) atoms. The van der Waals surface area contributed by atoms with Gasteiger partial charge in [-0.1, -0.05) is 11.6 Å². The van der Waals surface area contributed by atoms with Crippen LogP contribution in [0, 0.1) is 5.41 Å². The fourth-order valence-electron chi connectivity index (χ4n) is 1.78. The van der Waals surface area contributed by atoms with Crippen LogP contribution < -0.4 is 15.4 Å². The molecule has 2 rings (SSSR count). The van der Waals surface area contributed by atoms with E-state index in [-0.39, 0.29) is 22.8 Å². The topological polar surface area (TPSA) is 70.6 Å². The summed E-state index contributed by atoms with van der Waals surface area (Å²) in [5.74, 6) is -0.158. The zero-order valence-corrected chi connectivity index (χ0v) is 11.8. The number of amides is 2. The second-order valence-electron chi connectivity index (χ2n) is 4.99. The van der Waals surface area contributed by atoms with Crippen molar-refractivity contribution in [2.24, 2.45) is 5.41 Å². The first-order valence-corrected chi connectivity index (χ1v) is 6.72. The Hall–Kier alpha value is -1.60. The highest BCUT2D eigenvalue weighted by Crippen LogP contribution is 2.44. The minimum Gasteiger partial charge on any atom is -0.433 e. The van der Waals surface area contributed by atoms with Crippen molar-refractivity contribution < 1.29 is 23.4 Å². The van der Waals surface area contributed by atoms with Crippen molar-refractivity contribution in [3.8, 4) is 5.75 Å². The highest BCUT2D eigenvalue weighted by Gasteiger charge is 2.42. The molecule has 5 nitrogen and oxygen atoms in total. The van der Waals surface area contributed by atoms with E-state index in [4.69, 9.17) is 16.7 Å². The Labute approximate surface area is 125 Å². The third-order valence-electron chi connectivity index (χ3n) is 3.32. The molecule has 0 spiro atoms. The summed E-state index contributed by atoms with van der Waals surface area (Å²) in [4.78, 5) is 11.7. The quantitative estimate of drug-likeness (QED) is 0.755. The van der Waals surface area contributed by atoms with E-state index in [0.29, 0.717) is 12.2 Å². The zero-order chi connectivity index (χ0) is 15.5. The van der Waals surface area contributed by atoms with Crippen molar-refractivity contribution in [2.75, 3.05) is 18.5 Å². The van der Waals surface area contributed by atoms with Crippen LogP contribution in [0.3, 0.4) is 0 Å². The molecular formula is C13H15ClF2N2O3. The van der Waals surface area contributed by atoms with Crippen LogP contribution >= 0.6 is 11.6 Å². The van der Waals surface area contributed by atoms with Gasteiger partial charge >= 0.3 is 12.6 Å². The third kappa shape index (κ3) is 4.44. The number of hydrogen-bond donors (Lipinski definition) is 3. The number of halogens is 3. The molecule has 3 N–H and O–H groups in total. The van der Waals surface area contributed by atoms with Crippen LogP contribution in [-0.2, 0) is 0 Å². The fourth-order valence-corrected chi connectivity index (χ4v) is 2.01. The molecular weight excluding hydrogens is 306 g/mol. The highest BCUT2D eigenvalue weighted by atomic mass is 35.5. The summed E-state index contributed by atoms with van der Waals surface area (Å²) >= 11 is 5.78. The number of hydrogen-bond acceptors (Lipinski definition) is 3. The Morgan fingerprint density at radius 1 is 1.48 bits per heavy atom. The van der Waals surface area contributed by atoms with E-state index < -0.39 is 12.6 Å². The molecule has 2 amide bonds. The van der Waals surface area contributed by atoms with Crippen LogP contribution in [-0.4, -0.2) is 30.9 Å². The monoisotopic (exact) mass is 320 g/mol. The smallest absolute Gasteiger partial charge is 0.387 e. The van der Waals surface area contributed by atoms with Crippen LogP contribution in [0.5, 0.6) is 5.75 Å². The molecule has 0 heterocycles. The molecule has 0 bridgehead atoms. The van der Waals surface area contributed by atoms with Gasteiger partial charge in [0, 0.05) is 17.6 Å². The van der Waals surface area contributed by atoms with Crippen LogP contribution in [0.25, 0.3) is 0 Å². The van der Waals surface area contributed by atoms with Gasteiger partial charge in [0.1, 0.15) is 5.75 Å². The van der Waals surface area contributed by atoms with Crippen LogP contribution in [0.4, 0.5) is 19.3 Å². The molecule has 1 aliphatic rings. The summed E-state index contributed by atoms with van der Waals surface area (Å²) in [7, 11) is 0. The first-order chi connectivity index (χ1) is 9.94. The Bertz CT molecular complexity index is 524. The number of rotatable bonds is 6. The maximum Gasteiger partial charge on any atom is 0.387 e. The van der Waals surface area contributed by atoms with E-state index in [0.717, 1.165) is 12.8 Å². The lowest BCUT2D eigenvalue weighted by Gasteiger charge is -2.14. The fraction of sp³-hybridized carbons (Fsp3) is 0.462. The third-order valence-corrected chi connectivity index (χ3v) is 3.62. The second kappa shape index (κ2) is 6.44. The van der Waals surface area contributed by atoms with Crippen LogP contribution in [0.15, 0.2) is 18.2 Å². The van der Waals surface area contributed by atoms with E-state index in [9.17, 15) is 13.6 Å². The van der Waals surface area contributed by atoms with Gasteiger partial charge in [0.2, 0.25) is 0 Å². The molecule has 0 unspecified atom stereocenters. The molecule has 1 aliphatic carbocycles. The van der Waals surface area contributed by atoms with Gasteiger partial charge in [-0.25, -0.2) is 4.79 Å². The maximum absolute atomic E-state index is 12.1. The summed E-state index contributed by atoms with van der Waals surface area (Å²) in [5, 5.41) is 14.3. The lowest BCUT2D eigenvalue weighted by Crippen LogP contribution is -2.35. The lowest BCUT2D eigenvalue weighted by atomic mass is 10.1. The number of aliphatic hydroxyl groups excluding tert-OH is 1. The second-order valence-corrected chi connectivity index (χ2v) is 5.40. The van der Waals surface area contributed by atoms with E-state index in [1.807, 2.05) is 0 Å². The van der Waals surface area contributed by atoms with Crippen molar-refractivity contribution in [1.82, 2.24) is 5.32 Å². The molecule has 0 radical (unpaired) electrons. The molecule has 0 atom stereocenters. The molecule has 1 fully saturated rings. The minimum absolute atomic E-state index is 0.0258. The predicted molar refractivity (Wildman–Crippen MR) is 73.9 cm³/mol. The molecule has 8 heteroatoms. The van der Waals surface area contributed by atoms with E-state index in [1.165, 1.54) is 18.2 Å². The zero-order valence-electron chi connectivity index (χ0n) is 11.0. The highest BCUT2D eigenvalue weighted by molar-refractivity contribution is 6.32. The Kier molecular flexibility index (Phi) is 4.84. The van der Waals surface area contributed by atoms with Gasteiger partial charge < -0.3 is 20.5 Å². The van der Waals surface area contributed by atoms with Gasteiger partial charge in [0.15, 0.2) is 0 Å². The van der Waals surface area contributed by atoms with Crippen molar-refractivity contribution in [3.63, 3.8) is 0 Å². The van der Waals surface area contributed by atoms with E-state index in [2.05, 4.69) is 15.4 Å². The first kappa shape index (κ1) is 15.8. The number of benzene rings is 1. The molecule has 1 aromatic carbocycles. The normalized spacial score (nSPS) is 15.7. The van der Waals surface area contributed by atoms with Crippen molar-refractivity contribution >= 4 is 23.3 Å². The molecule has 0 aromatic heterocycles. The summed E-state index contributed by atoms with van der Waals surface area (Å²) in [6.07, 6.45) is 1.77. The SMILES string of the molecule is O=C(NCC1(CO)CC1)Nc1ccc(OC(F)F)c(Cl)c1. The molecule has 116 valence electrons. The minimum atomic E-state index is -2.96. The molecule has 1 aromatic rings. The standard InChI is InChI=1S/C13H15ClF2N2O3/c14-9-5-8(1-2-10(9)21-11(15)16)18-12(20)17-6-13(7-19)3-4-13/h1-2,5,11,19H,3-4,6-7H2,(H2,17,18,20). The van der Waals surface area contributed by atoms with Gasteiger partial charge in [0.05, 0.1) is 11.6 Å². The van der Waals surface area contributed by atoms with Gasteiger partial charge in [-0.15, -0.1) is 0 Å². The number of nitrogens with one attached hydrogen (secondary N) is 2. The Morgan fingerprint density at radius 3 is 2.71 bits per heavy atom. The lowest BCUT2D eigenvalue weighted by molar-refractivity contribution is -0.0497. The average molecular weight is 321 g/mol. The number of ether oxygens (including phenoxy) is 1. The number of anilines is 1. The number of carbonyl (C=O) groups excluding carboxylic acids is 1. The van der Waals surface area contributed by atoms with Crippen molar-refractivity contribution in [3.05, 3.63) is 23.2 Å². The van der Waals surface area contributed by atoms with Gasteiger partial charge in [-0.3, -0.25) is 0 Å². The molecule has 0 saturated heterocycles. The van der Waals surface area contributed by atoms with Gasteiger partial charge in [0.25, 0.3) is 0 Å².